The van der Waals surface area contributed by atoms with E-state index in [2.05, 4.69) is 35.9 Å². The summed E-state index contributed by atoms with van der Waals surface area (Å²) >= 11 is 0. The zero-order valence-electron chi connectivity index (χ0n) is 12.0. The van der Waals surface area contributed by atoms with E-state index in [1.807, 2.05) is 11.7 Å². The summed E-state index contributed by atoms with van der Waals surface area (Å²) in [6.07, 6.45) is 3.24. The van der Waals surface area contributed by atoms with E-state index in [1.54, 1.807) is 0 Å². The zero-order chi connectivity index (χ0) is 13.3. The molecule has 1 aliphatic rings. The van der Waals surface area contributed by atoms with Crippen LogP contribution in [0.5, 0.6) is 0 Å². The van der Waals surface area contributed by atoms with Gasteiger partial charge in [-0.3, -0.25) is 4.68 Å². The van der Waals surface area contributed by atoms with E-state index in [1.165, 1.54) is 6.42 Å². The second kappa shape index (κ2) is 5.18. The highest BCUT2D eigenvalue weighted by Gasteiger charge is 2.28. The van der Waals surface area contributed by atoms with Crippen molar-refractivity contribution in [2.45, 2.75) is 32.2 Å². The predicted molar refractivity (Wildman–Crippen MR) is 75.9 cm³/mol. The first-order chi connectivity index (χ1) is 8.54. The van der Waals surface area contributed by atoms with Gasteiger partial charge in [0.05, 0.1) is 11.4 Å². The molecule has 5 nitrogen and oxygen atoms in total. The van der Waals surface area contributed by atoms with E-state index < -0.39 is 0 Å². The molecule has 0 bridgehead atoms. The fraction of sp³-hybridized carbons (Fsp3) is 0.769. The van der Waals surface area contributed by atoms with Crippen molar-refractivity contribution in [3.63, 3.8) is 0 Å². The minimum Gasteiger partial charge on any atom is -0.394 e. The van der Waals surface area contributed by atoms with E-state index in [-0.39, 0.29) is 0 Å². The van der Waals surface area contributed by atoms with Gasteiger partial charge in [-0.05, 0) is 26.9 Å². The summed E-state index contributed by atoms with van der Waals surface area (Å²) in [5.41, 5.74) is 8.17. The molecule has 1 fully saturated rings. The molecule has 0 spiro atoms. The number of nitrogens with zero attached hydrogens (tertiary/aromatic N) is 4. The third-order valence-corrected chi connectivity index (χ3v) is 3.81. The smallest absolute Gasteiger partial charge is 0.150 e. The lowest BCUT2D eigenvalue weighted by molar-refractivity contribution is 0.315. The summed E-state index contributed by atoms with van der Waals surface area (Å²) in [6.45, 7) is 4.27. The van der Waals surface area contributed by atoms with E-state index in [4.69, 9.17) is 5.73 Å². The van der Waals surface area contributed by atoms with Gasteiger partial charge in [-0.2, -0.15) is 5.10 Å². The van der Waals surface area contributed by atoms with Gasteiger partial charge in [-0.15, -0.1) is 0 Å². The standard InChI is InChI=1S/C13H25N5/c1-5-6-11-12(14)13(17(4)15-11)18-8-7-10(9-18)16(2)3/h10H,5-9,14H2,1-4H3. The molecule has 1 aliphatic heterocycles. The van der Waals surface area contributed by atoms with E-state index in [0.29, 0.717) is 6.04 Å². The van der Waals surface area contributed by atoms with Crippen LogP contribution in [0.25, 0.3) is 0 Å². The van der Waals surface area contributed by atoms with Crippen molar-refractivity contribution in [3.8, 4) is 0 Å². The maximum atomic E-state index is 6.25. The molecular weight excluding hydrogens is 226 g/mol. The van der Waals surface area contributed by atoms with Crippen LogP contribution in [-0.2, 0) is 13.5 Å². The Bertz CT molecular complexity index is 410. The fourth-order valence-electron chi connectivity index (χ4n) is 2.74. The minimum atomic E-state index is 0.619. The SMILES string of the molecule is CCCc1nn(C)c(N2CCC(N(C)C)C2)c1N. The molecule has 2 rings (SSSR count). The van der Waals surface area contributed by atoms with Gasteiger partial charge < -0.3 is 15.5 Å². The number of nitrogen functional groups attached to an aromatic ring is 1. The molecule has 2 N–H and O–H groups in total. The van der Waals surface area contributed by atoms with Gasteiger partial charge in [0.2, 0.25) is 0 Å². The molecule has 0 aromatic carbocycles. The van der Waals surface area contributed by atoms with Crippen LogP contribution in [0.2, 0.25) is 0 Å². The van der Waals surface area contributed by atoms with E-state index in [9.17, 15) is 0 Å². The first-order valence-corrected chi connectivity index (χ1v) is 6.77. The lowest BCUT2D eigenvalue weighted by Gasteiger charge is -2.22. The summed E-state index contributed by atoms with van der Waals surface area (Å²) in [5, 5.41) is 4.55. The van der Waals surface area contributed by atoms with Crippen LogP contribution in [-0.4, -0.2) is 47.9 Å². The second-order valence-electron chi connectivity index (χ2n) is 5.41. The Morgan fingerprint density at radius 2 is 2.17 bits per heavy atom. The van der Waals surface area contributed by atoms with Crippen molar-refractivity contribution in [1.29, 1.82) is 0 Å². The quantitative estimate of drug-likeness (QED) is 0.870. The van der Waals surface area contributed by atoms with Crippen molar-refractivity contribution < 1.29 is 0 Å². The Morgan fingerprint density at radius 1 is 1.44 bits per heavy atom. The number of aryl methyl sites for hydroxylation is 2. The lowest BCUT2D eigenvalue weighted by Crippen LogP contribution is -2.32. The first kappa shape index (κ1) is 13.2. The number of hydrogen-bond acceptors (Lipinski definition) is 4. The molecule has 0 amide bonds. The molecule has 1 saturated heterocycles. The van der Waals surface area contributed by atoms with Gasteiger partial charge in [0.25, 0.3) is 0 Å². The number of anilines is 2. The van der Waals surface area contributed by atoms with Crippen molar-refractivity contribution in [1.82, 2.24) is 14.7 Å². The Balaban J connectivity index is 2.19. The molecular formula is C13H25N5. The molecule has 1 unspecified atom stereocenters. The number of aromatic nitrogens is 2. The van der Waals surface area contributed by atoms with E-state index >= 15 is 0 Å². The van der Waals surface area contributed by atoms with Crippen molar-refractivity contribution in [3.05, 3.63) is 5.69 Å². The predicted octanol–water partition coefficient (Wildman–Crippen LogP) is 1.10. The summed E-state index contributed by atoms with van der Waals surface area (Å²) in [4.78, 5) is 4.66. The molecule has 1 aromatic rings. The third-order valence-electron chi connectivity index (χ3n) is 3.81. The minimum absolute atomic E-state index is 0.619. The maximum Gasteiger partial charge on any atom is 0.150 e. The molecule has 18 heavy (non-hydrogen) atoms. The normalized spacial score (nSPS) is 20.1. The highest BCUT2D eigenvalue weighted by molar-refractivity contribution is 5.67. The van der Waals surface area contributed by atoms with Crippen LogP contribution in [0.4, 0.5) is 11.5 Å². The highest BCUT2D eigenvalue weighted by Crippen LogP contribution is 2.30. The van der Waals surface area contributed by atoms with Crippen molar-refractivity contribution >= 4 is 11.5 Å². The van der Waals surface area contributed by atoms with Crippen molar-refractivity contribution in [2.75, 3.05) is 37.8 Å². The number of hydrogen-bond donors (Lipinski definition) is 1. The highest BCUT2D eigenvalue weighted by atomic mass is 15.4. The largest absolute Gasteiger partial charge is 0.394 e. The van der Waals surface area contributed by atoms with Gasteiger partial charge in [-0.1, -0.05) is 13.3 Å². The van der Waals surface area contributed by atoms with Gasteiger partial charge in [0.15, 0.2) is 0 Å². The number of likely N-dealkylation sites (N-methyl/N-ethyl adjacent to an activating group) is 1. The summed E-state index contributed by atoms with van der Waals surface area (Å²) in [5.74, 6) is 1.10. The first-order valence-electron chi connectivity index (χ1n) is 6.77. The molecule has 5 heteroatoms. The summed E-state index contributed by atoms with van der Waals surface area (Å²) in [7, 11) is 6.28. The van der Waals surface area contributed by atoms with Crippen LogP contribution < -0.4 is 10.6 Å². The van der Waals surface area contributed by atoms with Crippen LogP contribution in [0.3, 0.4) is 0 Å². The monoisotopic (exact) mass is 251 g/mol. The average molecular weight is 251 g/mol. The molecule has 1 aromatic heterocycles. The van der Waals surface area contributed by atoms with Crippen LogP contribution in [0.1, 0.15) is 25.5 Å². The van der Waals surface area contributed by atoms with E-state index in [0.717, 1.165) is 43.1 Å². The molecule has 1 atom stereocenters. The fourth-order valence-corrected chi connectivity index (χ4v) is 2.74. The van der Waals surface area contributed by atoms with Gasteiger partial charge >= 0.3 is 0 Å². The summed E-state index contributed by atoms with van der Waals surface area (Å²) < 4.78 is 1.94. The lowest BCUT2D eigenvalue weighted by atomic mass is 10.2. The van der Waals surface area contributed by atoms with Gasteiger partial charge in [0, 0.05) is 26.2 Å². The number of rotatable bonds is 4. The zero-order valence-corrected chi connectivity index (χ0v) is 12.0. The molecule has 0 radical (unpaired) electrons. The van der Waals surface area contributed by atoms with Gasteiger partial charge in [-0.25, -0.2) is 0 Å². The Morgan fingerprint density at radius 3 is 2.72 bits per heavy atom. The Labute approximate surface area is 110 Å². The Kier molecular flexibility index (Phi) is 3.80. The topological polar surface area (TPSA) is 50.3 Å². The van der Waals surface area contributed by atoms with Crippen LogP contribution in [0, 0.1) is 0 Å². The number of nitrogens with two attached hydrogens (primary N) is 1. The molecule has 2 heterocycles. The molecule has 102 valence electrons. The molecule has 0 aliphatic carbocycles. The van der Waals surface area contributed by atoms with Gasteiger partial charge in [0.1, 0.15) is 5.82 Å². The van der Waals surface area contributed by atoms with Crippen LogP contribution in [0.15, 0.2) is 0 Å². The second-order valence-corrected chi connectivity index (χ2v) is 5.41. The van der Waals surface area contributed by atoms with Crippen LogP contribution >= 0.6 is 0 Å². The van der Waals surface area contributed by atoms with Crippen molar-refractivity contribution in [2.24, 2.45) is 7.05 Å². The summed E-state index contributed by atoms with van der Waals surface area (Å²) in [6, 6.07) is 0.619. The molecule has 0 saturated carbocycles. The Hall–Kier alpha value is -1.23. The average Bonchev–Trinajstić information content (AvgIpc) is 2.86. The third kappa shape index (κ3) is 2.32. The maximum absolute atomic E-state index is 6.25.